The zero-order chi connectivity index (χ0) is 9.14. The van der Waals surface area contributed by atoms with E-state index in [9.17, 15) is 0 Å². The summed E-state index contributed by atoms with van der Waals surface area (Å²) in [6.07, 6.45) is 3.98. The summed E-state index contributed by atoms with van der Waals surface area (Å²) in [5.41, 5.74) is 13.1. The molecule has 1 aromatic rings. The van der Waals surface area contributed by atoms with Gasteiger partial charge in [-0.1, -0.05) is 0 Å². The third-order valence-electron chi connectivity index (χ3n) is 1.56. The average molecular weight is 200 g/mol. The number of hydrogen-bond donors (Lipinski definition) is 2. The highest BCUT2D eigenvalue weighted by Crippen LogP contribution is 2.33. The van der Waals surface area contributed by atoms with Crippen LogP contribution in [0.3, 0.4) is 0 Å². The van der Waals surface area contributed by atoms with E-state index in [-0.39, 0.29) is 0 Å². The molecule has 1 aromatic carbocycles. The predicted molar refractivity (Wildman–Crippen MR) is 58.8 cm³/mol. The Morgan fingerprint density at radius 3 is 1.83 bits per heavy atom. The first kappa shape index (κ1) is 9.61. The Labute approximate surface area is 81.1 Å². The summed E-state index contributed by atoms with van der Waals surface area (Å²) >= 11 is 3.23. The van der Waals surface area contributed by atoms with Gasteiger partial charge in [-0.2, -0.15) is 0 Å². The Morgan fingerprint density at radius 1 is 1.00 bits per heavy atom. The van der Waals surface area contributed by atoms with Crippen LogP contribution in [-0.4, -0.2) is 12.5 Å². The van der Waals surface area contributed by atoms with Crippen LogP contribution >= 0.6 is 23.5 Å². The second kappa shape index (κ2) is 3.96. The molecule has 0 aromatic heterocycles. The molecule has 4 N–H and O–H groups in total. The Kier molecular flexibility index (Phi) is 3.17. The summed E-state index contributed by atoms with van der Waals surface area (Å²) in [6, 6.07) is 3.90. The van der Waals surface area contributed by atoms with Crippen LogP contribution in [0.4, 0.5) is 11.4 Å². The van der Waals surface area contributed by atoms with Crippen LogP contribution in [0.1, 0.15) is 0 Å². The lowest BCUT2D eigenvalue weighted by Crippen LogP contribution is -1.95. The first-order valence-electron chi connectivity index (χ1n) is 3.46. The highest BCUT2D eigenvalue weighted by Gasteiger charge is 2.04. The summed E-state index contributed by atoms with van der Waals surface area (Å²) in [5.74, 6) is 0. The molecule has 0 amide bonds. The summed E-state index contributed by atoms with van der Waals surface area (Å²) in [4.78, 5) is 2.09. The zero-order valence-corrected chi connectivity index (χ0v) is 8.76. The second-order valence-electron chi connectivity index (χ2n) is 2.34. The maximum absolute atomic E-state index is 5.79. The molecule has 12 heavy (non-hydrogen) atoms. The Balaban J connectivity index is 3.18. The monoisotopic (exact) mass is 200 g/mol. The van der Waals surface area contributed by atoms with Crippen molar-refractivity contribution in [2.45, 2.75) is 9.79 Å². The van der Waals surface area contributed by atoms with E-state index in [4.69, 9.17) is 11.5 Å². The summed E-state index contributed by atoms with van der Waals surface area (Å²) in [6.45, 7) is 0. The molecule has 0 unspecified atom stereocenters. The fourth-order valence-electron chi connectivity index (χ4n) is 1.000. The van der Waals surface area contributed by atoms with Crippen LogP contribution in [0.5, 0.6) is 0 Å². The molecule has 0 atom stereocenters. The van der Waals surface area contributed by atoms with Gasteiger partial charge in [0.25, 0.3) is 0 Å². The predicted octanol–water partition coefficient (Wildman–Crippen LogP) is 2.29. The van der Waals surface area contributed by atoms with Gasteiger partial charge in [-0.15, -0.1) is 23.5 Å². The van der Waals surface area contributed by atoms with Crippen molar-refractivity contribution in [3.63, 3.8) is 0 Å². The van der Waals surface area contributed by atoms with Crippen LogP contribution in [-0.2, 0) is 0 Å². The van der Waals surface area contributed by atoms with E-state index in [1.165, 1.54) is 0 Å². The third-order valence-corrected chi connectivity index (χ3v) is 3.15. The van der Waals surface area contributed by atoms with Crippen molar-refractivity contribution < 1.29 is 0 Å². The minimum Gasteiger partial charge on any atom is -0.398 e. The normalized spacial score (nSPS) is 10.2. The van der Waals surface area contributed by atoms with E-state index in [0.29, 0.717) is 0 Å². The van der Waals surface area contributed by atoms with E-state index in [1.807, 2.05) is 24.6 Å². The van der Waals surface area contributed by atoms with Gasteiger partial charge >= 0.3 is 0 Å². The topological polar surface area (TPSA) is 52.0 Å². The van der Waals surface area contributed by atoms with Crippen LogP contribution in [0.15, 0.2) is 21.9 Å². The van der Waals surface area contributed by atoms with Crippen molar-refractivity contribution in [2.24, 2.45) is 0 Å². The van der Waals surface area contributed by atoms with Crippen molar-refractivity contribution in [3.05, 3.63) is 12.1 Å². The van der Waals surface area contributed by atoms with Gasteiger partial charge in [-0.05, 0) is 24.6 Å². The molecule has 0 saturated carbocycles. The quantitative estimate of drug-likeness (QED) is 0.568. The van der Waals surface area contributed by atoms with Crippen molar-refractivity contribution in [2.75, 3.05) is 24.0 Å². The lowest BCUT2D eigenvalue weighted by Gasteiger charge is -2.07. The number of rotatable bonds is 2. The number of thioether (sulfide) groups is 2. The van der Waals surface area contributed by atoms with E-state index in [1.54, 1.807) is 23.5 Å². The second-order valence-corrected chi connectivity index (χ2v) is 4.04. The highest BCUT2D eigenvalue weighted by molar-refractivity contribution is 7.99. The minimum atomic E-state index is 0.770. The van der Waals surface area contributed by atoms with Crippen molar-refractivity contribution >= 4 is 34.9 Å². The molecule has 1 rings (SSSR count). The molecule has 0 fully saturated rings. The average Bonchev–Trinajstić information content (AvgIpc) is 2.03. The van der Waals surface area contributed by atoms with Gasteiger partial charge in [0.2, 0.25) is 0 Å². The summed E-state index contributed by atoms with van der Waals surface area (Å²) in [7, 11) is 0. The molecule has 0 heterocycles. The molecule has 0 bridgehead atoms. The molecule has 0 aliphatic rings. The molecule has 0 aliphatic heterocycles. The lowest BCUT2D eigenvalue weighted by atomic mass is 10.3. The first-order valence-corrected chi connectivity index (χ1v) is 5.91. The van der Waals surface area contributed by atoms with Gasteiger partial charge in [-0.3, -0.25) is 0 Å². The van der Waals surface area contributed by atoms with E-state index < -0.39 is 0 Å². The Hall–Kier alpha value is -0.480. The number of benzene rings is 1. The van der Waals surface area contributed by atoms with Gasteiger partial charge in [0.1, 0.15) is 0 Å². The van der Waals surface area contributed by atoms with E-state index in [2.05, 4.69) is 0 Å². The number of nitrogen functional groups attached to an aromatic ring is 2. The minimum absolute atomic E-state index is 0.770. The first-order chi connectivity index (χ1) is 5.69. The van der Waals surface area contributed by atoms with E-state index in [0.717, 1.165) is 21.2 Å². The van der Waals surface area contributed by atoms with Gasteiger partial charge < -0.3 is 11.5 Å². The molecule has 0 radical (unpaired) electrons. The van der Waals surface area contributed by atoms with E-state index >= 15 is 0 Å². The van der Waals surface area contributed by atoms with Gasteiger partial charge in [-0.25, -0.2) is 0 Å². The van der Waals surface area contributed by atoms with Gasteiger partial charge in [0.05, 0.1) is 4.90 Å². The molecule has 0 saturated heterocycles. The smallest absolute Gasteiger partial charge is 0.0530 e. The largest absolute Gasteiger partial charge is 0.398 e. The zero-order valence-electron chi connectivity index (χ0n) is 7.13. The fourth-order valence-corrected chi connectivity index (χ4v) is 2.08. The Bertz CT molecular complexity index is 263. The third kappa shape index (κ3) is 1.81. The van der Waals surface area contributed by atoms with Crippen LogP contribution in [0, 0.1) is 0 Å². The maximum Gasteiger partial charge on any atom is 0.0530 e. The SMILES string of the molecule is CSc1cc(N)c(SC)c(N)c1. The van der Waals surface area contributed by atoms with Gasteiger partial charge in [0.15, 0.2) is 0 Å². The molecule has 0 spiro atoms. The highest BCUT2D eigenvalue weighted by atomic mass is 32.2. The lowest BCUT2D eigenvalue weighted by molar-refractivity contribution is 1.37. The summed E-state index contributed by atoms with van der Waals surface area (Å²) < 4.78 is 0. The molecule has 0 aliphatic carbocycles. The maximum atomic E-state index is 5.79. The number of anilines is 2. The van der Waals surface area contributed by atoms with Crippen LogP contribution in [0.25, 0.3) is 0 Å². The number of hydrogen-bond acceptors (Lipinski definition) is 4. The molecular formula is C8H12N2S2. The van der Waals surface area contributed by atoms with Gasteiger partial charge in [0, 0.05) is 16.3 Å². The summed E-state index contributed by atoms with van der Waals surface area (Å²) in [5, 5.41) is 0. The molecule has 2 nitrogen and oxygen atoms in total. The van der Waals surface area contributed by atoms with Crippen LogP contribution < -0.4 is 11.5 Å². The number of nitrogens with two attached hydrogens (primary N) is 2. The molecular weight excluding hydrogens is 188 g/mol. The van der Waals surface area contributed by atoms with Crippen molar-refractivity contribution in [1.29, 1.82) is 0 Å². The Morgan fingerprint density at radius 2 is 1.50 bits per heavy atom. The molecule has 66 valence electrons. The standard InChI is InChI=1S/C8H12N2S2/c1-11-5-3-6(9)8(12-2)7(10)4-5/h3-4H,9-10H2,1-2H3. The fraction of sp³-hybridized carbons (Fsp3) is 0.250. The van der Waals surface area contributed by atoms with Crippen molar-refractivity contribution in [1.82, 2.24) is 0 Å². The molecule has 4 heteroatoms. The van der Waals surface area contributed by atoms with Crippen LogP contribution in [0.2, 0.25) is 0 Å². The van der Waals surface area contributed by atoms with Crippen molar-refractivity contribution in [3.8, 4) is 0 Å².